The fourth-order valence-corrected chi connectivity index (χ4v) is 5.77. The van der Waals surface area contributed by atoms with Crippen molar-refractivity contribution < 1.29 is 19.4 Å². The van der Waals surface area contributed by atoms with E-state index in [0.717, 1.165) is 16.7 Å². The quantitative estimate of drug-likeness (QED) is 0.506. The molecule has 37 heavy (non-hydrogen) atoms. The molecule has 0 spiro atoms. The van der Waals surface area contributed by atoms with Crippen molar-refractivity contribution in [3.05, 3.63) is 64.2 Å². The van der Waals surface area contributed by atoms with Crippen molar-refractivity contribution in [2.45, 2.75) is 83.7 Å². The largest absolute Gasteiger partial charge is 0.487 e. The molecule has 2 aliphatic heterocycles. The van der Waals surface area contributed by atoms with Gasteiger partial charge in [0, 0.05) is 36.4 Å². The Kier molecular flexibility index (Phi) is 6.26. The van der Waals surface area contributed by atoms with Crippen molar-refractivity contribution in [2.75, 3.05) is 0 Å². The topological polar surface area (TPSA) is 115 Å². The second kappa shape index (κ2) is 9.17. The highest BCUT2D eigenvalue weighted by Crippen LogP contribution is 2.44. The van der Waals surface area contributed by atoms with E-state index >= 15 is 0 Å². The number of guanidine groups is 1. The number of nitrogens with one attached hydrogen (secondary N) is 3. The predicted molar refractivity (Wildman–Crippen MR) is 141 cm³/mol. The van der Waals surface area contributed by atoms with Gasteiger partial charge in [0.05, 0.1) is 18.2 Å². The molecule has 2 heterocycles. The molecule has 0 aromatic heterocycles. The standard InChI is InChI=1S/C29H36N4O4/c1-15(2)21-13-25(35)33(28(30)31-21)22-14-29(4,5)37-24-9-8-18(11-20(22)24)27(36)32-26-19-10-16(3)6-7-17(19)12-23(26)34/h6-11,15,21-23,26,34H,12-14H2,1-5H3,(H2,30,31)(H,32,36)/t21?,22-,23-,26-/m1/s1. The van der Waals surface area contributed by atoms with Crippen LogP contribution in [0.1, 0.15) is 85.2 Å². The molecule has 4 atom stereocenters. The number of carbonyl (C=O) groups is 2. The number of fused-ring (bicyclic) bond motifs is 2. The molecule has 1 saturated heterocycles. The minimum Gasteiger partial charge on any atom is -0.487 e. The Morgan fingerprint density at radius 2 is 1.95 bits per heavy atom. The number of benzene rings is 2. The maximum atomic E-state index is 13.4. The van der Waals surface area contributed by atoms with Gasteiger partial charge in [-0.05, 0) is 56.0 Å². The number of hydrogen-bond donors (Lipinski definition) is 4. The van der Waals surface area contributed by atoms with E-state index < -0.39 is 23.8 Å². The van der Waals surface area contributed by atoms with E-state index in [0.29, 0.717) is 36.1 Å². The molecular formula is C29H36N4O4. The molecule has 5 rings (SSSR count). The number of hydrogen-bond acceptors (Lipinski definition) is 5. The van der Waals surface area contributed by atoms with Crippen LogP contribution in [0.25, 0.3) is 0 Å². The summed E-state index contributed by atoms with van der Waals surface area (Å²) < 4.78 is 6.21. The van der Waals surface area contributed by atoms with E-state index in [9.17, 15) is 14.7 Å². The van der Waals surface area contributed by atoms with Crippen LogP contribution in [0.5, 0.6) is 5.75 Å². The van der Waals surface area contributed by atoms with Crippen molar-refractivity contribution in [1.29, 1.82) is 5.41 Å². The Balaban J connectivity index is 1.44. The molecule has 0 radical (unpaired) electrons. The molecule has 0 bridgehead atoms. The van der Waals surface area contributed by atoms with Gasteiger partial charge in [-0.25, -0.2) is 0 Å². The first-order valence-electron chi connectivity index (χ1n) is 13.0. The van der Waals surface area contributed by atoms with Crippen LogP contribution >= 0.6 is 0 Å². The highest BCUT2D eigenvalue weighted by molar-refractivity contribution is 5.99. The van der Waals surface area contributed by atoms with Gasteiger partial charge in [0.25, 0.3) is 5.91 Å². The smallest absolute Gasteiger partial charge is 0.251 e. The zero-order valence-corrected chi connectivity index (χ0v) is 22.1. The molecule has 1 aliphatic carbocycles. The Morgan fingerprint density at radius 3 is 2.65 bits per heavy atom. The monoisotopic (exact) mass is 504 g/mol. The molecule has 196 valence electrons. The maximum Gasteiger partial charge on any atom is 0.251 e. The highest BCUT2D eigenvalue weighted by Gasteiger charge is 2.43. The van der Waals surface area contributed by atoms with Crippen LogP contribution in [0.3, 0.4) is 0 Å². The zero-order chi connectivity index (χ0) is 26.6. The molecule has 8 heteroatoms. The lowest BCUT2D eigenvalue weighted by molar-refractivity contribution is -0.132. The Morgan fingerprint density at radius 1 is 1.19 bits per heavy atom. The van der Waals surface area contributed by atoms with Crippen LogP contribution in [0.15, 0.2) is 36.4 Å². The fourth-order valence-electron chi connectivity index (χ4n) is 5.77. The molecule has 2 aromatic carbocycles. The minimum atomic E-state index is -0.693. The summed E-state index contributed by atoms with van der Waals surface area (Å²) in [6, 6.07) is 10.3. The number of rotatable bonds is 4. The first kappa shape index (κ1) is 25.3. The third kappa shape index (κ3) is 4.70. The number of carbonyl (C=O) groups excluding carboxylic acids is 2. The van der Waals surface area contributed by atoms with E-state index in [2.05, 4.69) is 10.6 Å². The summed E-state index contributed by atoms with van der Waals surface area (Å²) in [5, 5.41) is 25.5. The van der Waals surface area contributed by atoms with Gasteiger partial charge in [0.1, 0.15) is 11.4 Å². The second-order valence-electron chi connectivity index (χ2n) is 11.6. The van der Waals surface area contributed by atoms with Gasteiger partial charge in [0.2, 0.25) is 5.91 Å². The summed E-state index contributed by atoms with van der Waals surface area (Å²) in [7, 11) is 0. The minimum absolute atomic E-state index is 0.0787. The number of aliphatic hydroxyl groups excluding tert-OH is 1. The van der Waals surface area contributed by atoms with E-state index in [1.165, 1.54) is 4.90 Å². The van der Waals surface area contributed by atoms with Crippen molar-refractivity contribution >= 4 is 17.8 Å². The van der Waals surface area contributed by atoms with Crippen molar-refractivity contribution in [3.63, 3.8) is 0 Å². The molecule has 2 amide bonds. The van der Waals surface area contributed by atoms with Crippen LogP contribution in [0.4, 0.5) is 0 Å². The molecule has 4 N–H and O–H groups in total. The normalized spacial score (nSPS) is 26.3. The lowest BCUT2D eigenvalue weighted by atomic mass is 9.86. The summed E-state index contributed by atoms with van der Waals surface area (Å²) in [6.07, 6.45) is 0.605. The maximum absolute atomic E-state index is 13.4. The third-order valence-electron chi connectivity index (χ3n) is 7.78. The van der Waals surface area contributed by atoms with Gasteiger partial charge in [-0.3, -0.25) is 19.9 Å². The molecule has 1 unspecified atom stereocenters. The zero-order valence-electron chi connectivity index (χ0n) is 22.1. The average Bonchev–Trinajstić information content (AvgIpc) is 3.11. The van der Waals surface area contributed by atoms with E-state index in [1.807, 2.05) is 52.8 Å². The molecule has 0 saturated carbocycles. The number of amides is 2. The molecule has 8 nitrogen and oxygen atoms in total. The predicted octanol–water partition coefficient (Wildman–Crippen LogP) is 3.77. The van der Waals surface area contributed by atoms with Crippen LogP contribution in [0, 0.1) is 18.3 Å². The van der Waals surface area contributed by atoms with Gasteiger partial charge in [0.15, 0.2) is 5.96 Å². The van der Waals surface area contributed by atoms with Gasteiger partial charge in [-0.15, -0.1) is 0 Å². The number of aliphatic hydroxyl groups is 1. The highest BCUT2D eigenvalue weighted by atomic mass is 16.5. The molecule has 1 fully saturated rings. The Labute approximate surface area is 217 Å². The molecule has 3 aliphatic rings. The average molecular weight is 505 g/mol. The Bertz CT molecular complexity index is 1250. The Hall–Kier alpha value is -3.39. The van der Waals surface area contributed by atoms with E-state index in [-0.39, 0.29) is 29.7 Å². The summed E-state index contributed by atoms with van der Waals surface area (Å²) >= 11 is 0. The number of ether oxygens (including phenoxy) is 1. The molecule has 2 aromatic rings. The third-order valence-corrected chi connectivity index (χ3v) is 7.78. The summed E-state index contributed by atoms with van der Waals surface area (Å²) in [4.78, 5) is 28.2. The first-order valence-corrected chi connectivity index (χ1v) is 13.0. The van der Waals surface area contributed by atoms with Gasteiger partial charge >= 0.3 is 0 Å². The first-order chi connectivity index (χ1) is 17.4. The summed E-state index contributed by atoms with van der Waals surface area (Å²) in [5.74, 6) is 0.501. The number of aryl methyl sites for hydroxylation is 1. The molecular weight excluding hydrogens is 468 g/mol. The summed E-state index contributed by atoms with van der Waals surface area (Å²) in [6.45, 7) is 9.99. The van der Waals surface area contributed by atoms with Gasteiger partial charge in [-0.1, -0.05) is 37.6 Å². The van der Waals surface area contributed by atoms with Gasteiger partial charge in [-0.2, -0.15) is 0 Å². The van der Waals surface area contributed by atoms with Crippen LogP contribution < -0.4 is 15.4 Å². The van der Waals surface area contributed by atoms with Crippen molar-refractivity contribution in [1.82, 2.24) is 15.5 Å². The number of nitrogens with zero attached hydrogens (tertiary/aromatic N) is 1. The lowest BCUT2D eigenvalue weighted by Gasteiger charge is -2.45. The van der Waals surface area contributed by atoms with Crippen molar-refractivity contribution in [2.24, 2.45) is 5.92 Å². The summed E-state index contributed by atoms with van der Waals surface area (Å²) in [5.41, 5.74) is 3.64. The van der Waals surface area contributed by atoms with Crippen molar-refractivity contribution in [3.8, 4) is 5.75 Å². The van der Waals surface area contributed by atoms with Crippen LogP contribution in [-0.2, 0) is 11.2 Å². The van der Waals surface area contributed by atoms with Crippen LogP contribution in [0.2, 0.25) is 0 Å². The van der Waals surface area contributed by atoms with E-state index in [4.69, 9.17) is 10.1 Å². The van der Waals surface area contributed by atoms with E-state index in [1.54, 1.807) is 18.2 Å². The second-order valence-corrected chi connectivity index (χ2v) is 11.6. The fraction of sp³-hybridized carbons (Fsp3) is 0.483. The lowest BCUT2D eigenvalue weighted by Crippen LogP contribution is -2.58. The van der Waals surface area contributed by atoms with Gasteiger partial charge < -0.3 is 20.5 Å². The van der Waals surface area contributed by atoms with Crippen LogP contribution in [-0.4, -0.2) is 45.5 Å². The SMILES string of the molecule is Cc1ccc2c(c1)[C@@H](NC(=O)c1ccc3c(c1)[C@H](N1C(=N)NC(C(C)C)CC1=O)CC(C)(C)O3)[C@H](O)C2.